The quantitative estimate of drug-likeness (QED) is 0.453. The molecule has 0 bridgehead atoms. The Morgan fingerprint density at radius 1 is 1.48 bits per heavy atom. The Hall–Kier alpha value is -2.62. The van der Waals surface area contributed by atoms with Crippen molar-refractivity contribution >= 4 is 23.0 Å². The fraction of sp³-hybridized carbons (Fsp3) is 0.538. The average molecular weight is 324 g/mol. The minimum atomic E-state index is -0.963. The lowest BCUT2D eigenvalue weighted by Gasteiger charge is -2.06. The molecule has 126 valence electrons. The fourth-order valence-corrected chi connectivity index (χ4v) is 2.00. The van der Waals surface area contributed by atoms with Crippen molar-refractivity contribution in [3.05, 3.63) is 10.5 Å². The molecule has 10 heteroatoms. The van der Waals surface area contributed by atoms with E-state index in [9.17, 15) is 9.59 Å². The molecular weight excluding hydrogens is 304 g/mol. The number of carboxylic acids is 1. The lowest BCUT2D eigenvalue weighted by atomic mass is 10.4. The van der Waals surface area contributed by atoms with Crippen molar-refractivity contribution in [2.24, 2.45) is 0 Å². The van der Waals surface area contributed by atoms with Crippen molar-refractivity contribution in [3.63, 3.8) is 0 Å². The van der Waals surface area contributed by atoms with Gasteiger partial charge in [-0.25, -0.2) is 4.79 Å². The number of carbonyl (C=O) groups is 1. The Balaban J connectivity index is 2.20. The first-order chi connectivity index (χ1) is 11.0. The molecule has 0 unspecified atom stereocenters. The van der Waals surface area contributed by atoms with Gasteiger partial charge in [-0.05, 0) is 6.42 Å². The number of nitrogens with one attached hydrogen (secondary N) is 2. The summed E-state index contributed by atoms with van der Waals surface area (Å²) in [4.78, 5) is 33.3. The number of hydrogen-bond acceptors (Lipinski definition) is 7. The van der Waals surface area contributed by atoms with Gasteiger partial charge >= 0.3 is 17.7 Å². The van der Waals surface area contributed by atoms with Crippen LogP contribution < -0.4 is 21.5 Å². The average Bonchev–Trinajstić information content (AvgIpc) is 2.81. The minimum Gasteiger partial charge on any atom is -0.480 e. The predicted molar refractivity (Wildman–Crippen MR) is 83.5 cm³/mol. The molecule has 2 aromatic rings. The molecule has 2 heterocycles. The van der Waals surface area contributed by atoms with Gasteiger partial charge < -0.3 is 25.9 Å². The number of carboxylic acid groups (broad SMARTS) is 1. The lowest BCUT2D eigenvalue weighted by Crippen LogP contribution is -2.29. The Kier molecular flexibility index (Phi) is 5.52. The molecule has 0 saturated carbocycles. The van der Waals surface area contributed by atoms with E-state index in [0.29, 0.717) is 24.3 Å². The van der Waals surface area contributed by atoms with Crippen LogP contribution in [0.4, 0.5) is 5.82 Å². The lowest BCUT2D eigenvalue weighted by molar-refractivity contribution is -0.135. The molecular formula is C13H20N6O4. The number of anilines is 1. The summed E-state index contributed by atoms with van der Waals surface area (Å²) in [5.74, 6) is -0.828. The fourth-order valence-electron chi connectivity index (χ4n) is 2.00. The second-order valence-electron chi connectivity index (χ2n) is 4.94. The zero-order valence-electron chi connectivity index (χ0n) is 12.8. The van der Waals surface area contributed by atoms with Gasteiger partial charge in [-0.1, -0.05) is 13.3 Å². The molecule has 0 radical (unpaired) electrons. The van der Waals surface area contributed by atoms with Crippen molar-refractivity contribution in [2.75, 3.05) is 25.4 Å². The molecule has 2 rings (SSSR count). The molecule has 0 spiro atoms. The number of rotatable bonds is 9. The number of aromatic amines is 1. The van der Waals surface area contributed by atoms with Crippen LogP contribution in [0.1, 0.15) is 19.8 Å². The van der Waals surface area contributed by atoms with E-state index >= 15 is 0 Å². The molecule has 0 amide bonds. The van der Waals surface area contributed by atoms with Crippen LogP contribution in [0, 0.1) is 0 Å². The highest BCUT2D eigenvalue weighted by molar-refractivity contribution is 5.81. The molecule has 2 aromatic heterocycles. The summed E-state index contributed by atoms with van der Waals surface area (Å²) in [5, 5.41) is 11.3. The largest absolute Gasteiger partial charge is 0.480 e. The SMILES string of the molecule is CCCCOc1nc(N)c2[nH]c(=O)n(CCNCC(=O)O)c2n1. The summed E-state index contributed by atoms with van der Waals surface area (Å²) in [6.45, 7) is 2.87. The van der Waals surface area contributed by atoms with E-state index in [2.05, 4.69) is 20.3 Å². The van der Waals surface area contributed by atoms with Crippen molar-refractivity contribution in [1.29, 1.82) is 0 Å². The van der Waals surface area contributed by atoms with Crippen LogP contribution in [-0.2, 0) is 11.3 Å². The van der Waals surface area contributed by atoms with Gasteiger partial charge in [0.1, 0.15) is 5.52 Å². The molecule has 0 aromatic carbocycles. The number of imidazole rings is 1. The van der Waals surface area contributed by atoms with E-state index in [-0.39, 0.29) is 30.6 Å². The highest BCUT2D eigenvalue weighted by Crippen LogP contribution is 2.17. The van der Waals surface area contributed by atoms with Crippen LogP contribution in [0.5, 0.6) is 6.01 Å². The number of aliphatic carboxylic acids is 1. The van der Waals surface area contributed by atoms with E-state index in [1.165, 1.54) is 4.57 Å². The Morgan fingerprint density at radius 3 is 2.96 bits per heavy atom. The van der Waals surface area contributed by atoms with E-state index in [0.717, 1.165) is 12.8 Å². The van der Waals surface area contributed by atoms with Crippen LogP contribution in [0.15, 0.2) is 4.79 Å². The van der Waals surface area contributed by atoms with Gasteiger partial charge in [0.05, 0.1) is 13.2 Å². The first-order valence-electron chi connectivity index (χ1n) is 7.34. The third kappa shape index (κ3) is 4.19. The van der Waals surface area contributed by atoms with Crippen molar-refractivity contribution < 1.29 is 14.6 Å². The third-order valence-electron chi connectivity index (χ3n) is 3.15. The Morgan fingerprint density at radius 2 is 2.26 bits per heavy atom. The van der Waals surface area contributed by atoms with Gasteiger partial charge in [-0.2, -0.15) is 9.97 Å². The number of aromatic nitrogens is 4. The van der Waals surface area contributed by atoms with Crippen LogP contribution in [0.25, 0.3) is 11.2 Å². The molecule has 0 aliphatic rings. The molecule has 0 saturated heterocycles. The third-order valence-corrected chi connectivity index (χ3v) is 3.15. The summed E-state index contributed by atoms with van der Waals surface area (Å²) < 4.78 is 6.80. The molecule has 0 aliphatic carbocycles. The number of unbranched alkanes of at least 4 members (excludes halogenated alkanes) is 1. The standard InChI is InChI=1S/C13H20N6O4/c1-2-3-6-23-12-17-10(14)9-11(18-12)19(13(22)16-9)5-4-15-7-8(20)21/h15H,2-7H2,1H3,(H,16,22)(H,20,21)(H2,14,17,18). The summed E-state index contributed by atoms with van der Waals surface area (Å²) >= 11 is 0. The van der Waals surface area contributed by atoms with Crippen LogP contribution in [0.3, 0.4) is 0 Å². The van der Waals surface area contributed by atoms with Crippen LogP contribution >= 0.6 is 0 Å². The number of hydrogen-bond donors (Lipinski definition) is 4. The molecule has 23 heavy (non-hydrogen) atoms. The molecule has 0 fully saturated rings. The Labute approximate surface area is 131 Å². The molecule has 10 nitrogen and oxygen atoms in total. The maximum absolute atomic E-state index is 12.0. The summed E-state index contributed by atoms with van der Waals surface area (Å²) in [6.07, 6.45) is 1.84. The zero-order valence-corrected chi connectivity index (χ0v) is 12.8. The topological polar surface area (TPSA) is 148 Å². The highest BCUT2D eigenvalue weighted by atomic mass is 16.5. The van der Waals surface area contributed by atoms with Crippen molar-refractivity contribution in [1.82, 2.24) is 24.8 Å². The van der Waals surface area contributed by atoms with Crippen LogP contribution in [-0.4, -0.2) is 50.3 Å². The van der Waals surface area contributed by atoms with Gasteiger partial charge in [-0.15, -0.1) is 0 Å². The minimum absolute atomic E-state index is 0.120. The Bertz CT molecular complexity index is 738. The van der Waals surface area contributed by atoms with E-state index in [1.54, 1.807) is 0 Å². The van der Waals surface area contributed by atoms with Gasteiger partial charge in [0.15, 0.2) is 11.5 Å². The van der Waals surface area contributed by atoms with E-state index in [1.807, 2.05) is 6.92 Å². The second kappa shape index (κ2) is 7.58. The normalized spacial score (nSPS) is 11.0. The number of nitrogens with zero attached hydrogens (tertiary/aromatic N) is 3. The van der Waals surface area contributed by atoms with Gasteiger partial charge in [0, 0.05) is 13.1 Å². The van der Waals surface area contributed by atoms with Crippen LogP contribution in [0.2, 0.25) is 0 Å². The van der Waals surface area contributed by atoms with E-state index < -0.39 is 5.97 Å². The molecule has 5 N–H and O–H groups in total. The first-order valence-corrected chi connectivity index (χ1v) is 7.34. The molecule has 0 aliphatic heterocycles. The smallest absolute Gasteiger partial charge is 0.327 e. The first kappa shape index (κ1) is 16.7. The maximum atomic E-state index is 12.0. The monoisotopic (exact) mass is 324 g/mol. The number of nitrogens with two attached hydrogens (primary N) is 1. The van der Waals surface area contributed by atoms with Crippen molar-refractivity contribution in [2.45, 2.75) is 26.3 Å². The summed E-state index contributed by atoms with van der Waals surface area (Å²) in [6, 6.07) is 0.120. The number of ether oxygens (including phenoxy) is 1. The van der Waals surface area contributed by atoms with Gasteiger partial charge in [0.25, 0.3) is 0 Å². The second-order valence-corrected chi connectivity index (χ2v) is 4.94. The van der Waals surface area contributed by atoms with Gasteiger partial charge in [-0.3, -0.25) is 9.36 Å². The summed E-state index contributed by atoms with van der Waals surface area (Å²) in [5.41, 5.74) is 6.13. The zero-order chi connectivity index (χ0) is 16.8. The number of H-pyrrole nitrogens is 1. The van der Waals surface area contributed by atoms with E-state index in [4.69, 9.17) is 15.6 Å². The highest BCUT2D eigenvalue weighted by Gasteiger charge is 2.14. The maximum Gasteiger partial charge on any atom is 0.327 e. The number of nitrogen functional groups attached to an aromatic ring is 1. The summed E-state index contributed by atoms with van der Waals surface area (Å²) in [7, 11) is 0. The molecule has 0 atom stereocenters. The van der Waals surface area contributed by atoms with Crippen molar-refractivity contribution in [3.8, 4) is 6.01 Å². The van der Waals surface area contributed by atoms with Gasteiger partial charge in [0.2, 0.25) is 0 Å². The predicted octanol–water partition coefficient (Wildman–Crippen LogP) is -0.445. The number of fused-ring (bicyclic) bond motifs is 1.